The van der Waals surface area contributed by atoms with E-state index in [0.717, 1.165) is 32.5 Å². The van der Waals surface area contributed by atoms with Crippen LogP contribution in [0.15, 0.2) is 15.9 Å². The quantitative estimate of drug-likeness (QED) is 0.927. The Kier molecular flexibility index (Phi) is 4.41. The van der Waals surface area contributed by atoms with Gasteiger partial charge in [0, 0.05) is 21.3 Å². The average Bonchev–Trinajstić information content (AvgIpc) is 2.65. The summed E-state index contributed by atoms with van der Waals surface area (Å²) in [6.45, 7) is 5.20. The molecular weight excluding hydrogens is 286 g/mol. The molecule has 1 N–H and O–H groups in total. The summed E-state index contributed by atoms with van der Waals surface area (Å²) in [5, 5.41) is 11.7. The summed E-state index contributed by atoms with van der Waals surface area (Å²) in [5.41, 5.74) is 0. The maximum absolute atomic E-state index is 9.53. The Morgan fingerprint density at radius 2 is 2.25 bits per heavy atom. The number of thiophene rings is 1. The molecule has 0 bridgehead atoms. The lowest BCUT2D eigenvalue weighted by Crippen LogP contribution is -2.36. The topological polar surface area (TPSA) is 23.5 Å². The second-order valence-electron chi connectivity index (χ2n) is 4.59. The van der Waals surface area contributed by atoms with Crippen LogP contribution < -0.4 is 0 Å². The molecule has 4 heteroatoms. The Bertz CT molecular complexity index is 332. The summed E-state index contributed by atoms with van der Waals surface area (Å²) in [6, 6.07) is 2.20. The Morgan fingerprint density at radius 1 is 1.56 bits per heavy atom. The Balaban J connectivity index is 1.81. The molecule has 0 amide bonds. The molecule has 2 heterocycles. The molecule has 1 aliphatic rings. The minimum atomic E-state index is -0.141. The smallest absolute Gasteiger partial charge is 0.0541 e. The van der Waals surface area contributed by atoms with Crippen molar-refractivity contribution < 1.29 is 5.11 Å². The lowest BCUT2D eigenvalue weighted by Gasteiger charge is -2.32. The first-order chi connectivity index (χ1) is 7.65. The molecule has 1 aliphatic heterocycles. The summed E-state index contributed by atoms with van der Waals surface area (Å²) >= 11 is 5.30. The molecule has 0 spiro atoms. The third kappa shape index (κ3) is 3.29. The summed E-state index contributed by atoms with van der Waals surface area (Å²) < 4.78 is 1.19. The van der Waals surface area contributed by atoms with E-state index in [2.05, 4.69) is 32.3 Å². The average molecular weight is 304 g/mol. The van der Waals surface area contributed by atoms with E-state index in [9.17, 15) is 5.11 Å². The number of aliphatic hydroxyl groups is 1. The molecule has 1 fully saturated rings. The fourth-order valence-corrected chi connectivity index (χ4v) is 3.74. The van der Waals surface area contributed by atoms with Gasteiger partial charge in [0.1, 0.15) is 0 Å². The van der Waals surface area contributed by atoms with Gasteiger partial charge in [-0.2, -0.15) is 0 Å². The molecule has 2 nitrogen and oxygen atoms in total. The van der Waals surface area contributed by atoms with E-state index in [-0.39, 0.29) is 6.10 Å². The lowest BCUT2D eigenvalue weighted by atomic mass is 9.92. The van der Waals surface area contributed by atoms with E-state index in [0.29, 0.717) is 5.92 Å². The Hall–Kier alpha value is 0.1000. The van der Waals surface area contributed by atoms with Crippen molar-refractivity contribution >= 4 is 27.3 Å². The van der Waals surface area contributed by atoms with E-state index in [4.69, 9.17) is 0 Å². The predicted octanol–water partition coefficient (Wildman–Crippen LogP) is 3.10. The van der Waals surface area contributed by atoms with Crippen molar-refractivity contribution in [2.75, 3.05) is 13.1 Å². The first kappa shape index (κ1) is 12.6. The summed E-state index contributed by atoms with van der Waals surface area (Å²) in [7, 11) is 0. The van der Waals surface area contributed by atoms with Crippen molar-refractivity contribution in [3.63, 3.8) is 0 Å². The Morgan fingerprint density at radius 3 is 2.75 bits per heavy atom. The van der Waals surface area contributed by atoms with Gasteiger partial charge in [0.25, 0.3) is 0 Å². The molecule has 0 aromatic carbocycles. The molecule has 16 heavy (non-hydrogen) atoms. The molecule has 1 atom stereocenters. The second-order valence-corrected chi connectivity index (χ2v) is 6.50. The van der Waals surface area contributed by atoms with Crippen LogP contribution in [-0.4, -0.2) is 29.2 Å². The first-order valence-electron chi connectivity index (χ1n) is 5.78. The normalized spacial score (nSPS) is 21.2. The second kappa shape index (κ2) is 5.63. The van der Waals surface area contributed by atoms with Crippen molar-refractivity contribution in [2.24, 2.45) is 5.92 Å². The molecule has 1 saturated heterocycles. The Labute approximate surface area is 109 Å². The number of hydrogen-bond donors (Lipinski definition) is 1. The summed E-state index contributed by atoms with van der Waals surface area (Å²) in [4.78, 5) is 3.90. The minimum absolute atomic E-state index is 0.141. The lowest BCUT2D eigenvalue weighted by molar-refractivity contribution is 0.0698. The van der Waals surface area contributed by atoms with E-state index in [1.165, 1.54) is 9.35 Å². The minimum Gasteiger partial charge on any atom is -0.393 e. The van der Waals surface area contributed by atoms with Crippen molar-refractivity contribution in [3.05, 3.63) is 20.8 Å². The zero-order valence-corrected chi connectivity index (χ0v) is 11.9. The van der Waals surface area contributed by atoms with Crippen molar-refractivity contribution in [2.45, 2.75) is 32.4 Å². The van der Waals surface area contributed by atoms with E-state index in [1.54, 1.807) is 0 Å². The van der Waals surface area contributed by atoms with E-state index >= 15 is 0 Å². The zero-order valence-electron chi connectivity index (χ0n) is 9.53. The number of rotatable bonds is 3. The molecule has 0 saturated carbocycles. The number of halogens is 1. The number of hydrogen-bond acceptors (Lipinski definition) is 3. The van der Waals surface area contributed by atoms with Crippen LogP contribution in [0.4, 0.5) is 0 Å². The fraction of sp³-hybridized carbons (Fsp3) is 0.667. The summed E-state index contributed by atoms with van der Waals surface area (Å²) in [6.07, 6.45) is 2.12. The van der Waals surface area contributed by atoms with Gasteiger partial charge in [-0.1, -0.05) is 0 Å². The van der Waals surface area contributed by atoms with Crippen molar-refractivity contribution in [1.82, 2.24) is 4.90 Å². The van der Waals surface area contributed by atoms with Crippen LogP contribution in [0.3, 0.4) is 0 Å². The highest BCUT2D eigenvalue weighted by Crippen LogP contribution is 2.25. The zero-order chi connectivity index (χ0) is 11.5. The number of aliphatic hydroxyl groups excluding tert-OH is 1. The van der Waals surface area contributed by atoms with Crippen LogP contribution in [0.25, 0.3) is 0 Å². The van der Waals surface area contributed by atoms with Gasteiger partial charge < -0.3 is 5.11 Å². The van der Waals surface area contributed by atoms with E-state index in [1.807, 2.05) is 18.3 Å². The van der Waals surface area contributed by atoms with Gasteiger partial charge >= 0.3 is 0 Å². The highest BCUT2D eigenvalue weighted by molar-refractivity contribution is 9.10. The number of nitrogens with zero attached hydrogens (tertiary/aromatic N) is 1. The van der Waals surface area contributed by atoms with Gasteiger partial charge in [-0.05, 0) is 60.8 Å². The third-order valence-electron chi connectivity index (χ3n) is 3.32. The van der Waals surface area contributed by atoms with E-state index < -0.39 is 0 Å². The maximum atomic E-state index is 9.53. The van der Waals surface area contributed by atoms with Crippen molar-refractivity contribution in [3.8, 4) is 0 Å². The molecule has 0 aliphatic carbocycles. The van der Waals surface area contributed by atoms with Crippen LogP contribution in [0.1, 0.15) is 24.6 Å². The van der Waals surface area contributed by atoms with Crippen LogP contribution in [0, 0.1) is 5.92 Å². The van der Waals surface area contributed by atoms with Crippen LogP contribution in [-0.2, 0) is 6.54 Å². The molecule has 1 aromatic heterocycles. The SMILES string of the molecule is CC(O)C1CCN(Cc2cc(Br)cs2)CC1. The fourth-order valence-electron chi connectivity index (χ4n) is 2.25. The van der Waals surface area contributed by atoms with Crippen LogP contribution >= 0.6 is 27.3 Å². The predicted molar refractivity (Wildman–Crippen MR) is 71.7 cm³/mol. The standard InChI is InChI=1S/C12H18BrNOS/c1-9(15)10-2-4-14(5-3-10)7-12-6-11(13)8-16-12/h6,8-10,15H,2-5,7H2,1H3. The molecule has 0 radical (unpaired) electrons. The third-order valence-corrected chi connectivity index (χ3v) is 5.00. The van der Waals surface area contributed by atoms with Gasteiger partial charge in [0.05, 0.1) is 6.10 Å². The number of likely N-dealkylation sites (tertiary alicyclic amines) is 1. The van der Waals surface area contributed by atoms with Gasteiger partial charge in [0.2, 0.25) is 0 Å². The summed E-state index contributed by atoms with van der Waals surface area (Å²) in [5.74, 6) is 0.506. The van der Waals surface area contributed by atoms with Crippen molar-refractivity contribution in [1.29, 1.82) is 0 Å². The van der Waals surface area contributed by atoms with Gasteiger partial charge in [0.15, 0.2) is 0 Å². The van der Waals surface area contributed by atoms with Gasteiger partial charge in [-0.15, -0.1) is 11.3 Å². The maximum Gasteiger partial charge on any atom is 0.0541 e. The molecule has 2 rings (SSSR count). The molecule has 1 unspecified atom stereocenters. The molecule has 90 valence electrons. The molecule has 1 aromatic rings. The number of piperidine rings is 1. The largest absolute Gasteiger partial charge is 0.393 e. The molecular formula is C12H18BrNOS. The first-order valence-corrected chi connectivity index (χ1v) is 7.46. The van der Waals surface area contributed by atoms with Gasteiger partial charge in [-0.25, -0.2) is 0 Å². The van der Waals surface area contributed by atoms with Gasteiger partial charge in [-0.3, -0.25) is 4.90 Å². The highest BCUT2D eigenvalue weighted by Gasteiger charge is 2.22. The highest BCUT2D eigenvalue weighted by atomic mass is 79.9. The van der Waals surface area contributed by atoms with Crippen LogP contribution in [0.5, 0.6) is 0 Å². The monoisotopic (exact) mass is 303 g/mol. The van der Waals surface area contributed by atoms with Crippen LogP contribution in [0.2, 0.25) is 0 Å².